The lowest BCUT2D eigenvalue weighted by Gasteiger charge is -2.32. The van der Waals surface area contributed by atoms with Crippen LogP contribution in [0.3, 0.4) is 0 Å². The van der Waals surface area contributed by atoms with Gasteiger partial charge in [-0.15, -0.1) is 11.6 Å². The van der Waals surface area contributed by atoms with Gasteiger partial charge >= 0.3 is 0 Å². The summed E-state index contributed by atoms with van der Waals surface area (Å²) in [6.07, 6.45) is 1.82. The fourth-order valence-corrected chi connectivity index (χ4v) is 3.78. The summed E-state index contributed by atoms with van der Waals surface area (Å²) in [5, 5.41) is 9.89. The molecule has 2 bridgehead atoms. The van der Waals surface area contributed by atoms with Gasteiger partial charge in [-0.3, -0.25) is 0 Å². The van der Waals surface area contributed by atoms with Gasteiger partial charge in [0.1, 0.15) is 0 Å². The van der Waals surface area contributed by atoms with Crippen LogP contribution in [0.1, 0.15) is 19.8 Å². The molecule has 86 valence electrons. The molecule has 0 aromatic heterocycles. The Labute approximate surface area is 94.7 Å². The molecule has 15 heavy (non-hydrogen) atoms. The SMILES string of the molecule is C[C@H]1CO[C@@H]([C@@H]2C[C@@H]3C[C@@H]2[C@H](O)[C@@H]3Cl)O1. The van der Waals surface area contributed by atoms with E-state index in [1.54, 1.807) is 0 Å². The van der Waals surface area contributed by atoms with Crippen molar-refractivity contribution >= 4 is 11.6 Å². The Bertz CT molecular complexity index is 258. The van der Waals surface area contributed by atoms with Crippen LogP contribution in [0.25, 0.3) is 0 Å². The van der Waals surface area contributed by atoms with E-state index in [0.29, 0.717) is 18.4 Å². The minimum atomic E-state index is -0.362. The van der Waals surface area contributed by atoms with Gasteiger partial charge in [0, 0.05) is 5.92 Å². The summed E-state index contributed by atoms with van der Waals surface area (Å²) in [5.41, 5.74) is 0. The highest BCUT2D eigenvalue weighted by molar-refractivity contribution is 6.21. The monoisotopic (exact) mass is 232 g/mol. The van der Waals surface area contributed by atoms with E-state index in [1.807, 2.05) is 6.92 Å². The molecule has 0 radical (unpaired) electrons. The Hall–Kier alpha value is 0.170. The van der Waals surface area contributed by atoms with E-state index < -0.39 is 0 Å². The fraction of sp³-hybridized carbons (Fsp3) is 1.00. The first-order chi connectivity index (χ1) is 7.16. The van der Waals surface area contributed by atoms with E-state index in [0.717, 1.165) is 12.8 Å². The van der Waals surface area contributed by atoms with Crippen LogP contribution in [0.2, 0.25) is 0 Å². The first-order valence-electron chi connectivity index (χ1n) is 5.76. The molecule has 3 rings (SSSR count). The van der Waals surface area contributed by atoms with E-state index >= 15 is 0 Å². The maximum Gasteiger partial charge on any atom is 0.161 e. The van der Waals surface area contributed by atoms with Crippen LogP contribution in [-0.4, -0.2) is 35.6 Å². The second kappa shape index (κ2) is 3.59. The van der Waals surface area contributed by atoms with Gasteiger partial charge in [-0.25, -0.2) is 0 Å². The van der Waals surface area contributed by atoms with Crippen LogP contribution in [0, 0.1) is 17.8 Å². The van der Waals surface area contributed by atoms with Crippen molar-refractivity contribution in [2.24, 2.45) is 17.8 Å². The van der Waals surface area contributed by atoms with Crippen molar-refractivity contribution in [1.82, 2.24) is 0 Å². The number of halogens is 1. The molecule has 2 saturated carbocycles. The van der Waals surface area contributed by atoms with Crippen LogP contribution in [0.4, 0.5) is 0 Å². The van der Waals surface area contributed by atoms with Gasteiger partial charge < -0.3 is 14.6 Å². The van der Waals surface area contributed by atoms with Crippen molar-refractivity contribution < 1.29 is 14.6 Å². The maximum atomic E-state index is 9.94. The Kier molecular flexibility index (Phi) is 2.47. The fourth-order valence-electron chi connectivity index (χ4n) is 3.39. The third-order valence-electron chi connectivity index (χ3n) is 4.13. The van der Waals surface area contributed by atoms with Crippen molar-refractivity contribution in [2.45, 2.75) is 43.6 Å². The summed E-state index contributed by atoms with van der Waals surface area (Å²) >= 11 is 6.13. The van der Waals surface area contributed by atoms with E-state index in [9.17, 15) is 5.11 Å². The first kappa shape index (κ1) is 10.3. The van der Waals surface area contributed by atoms with Gasteiger partial charge in [0.25, 0.3) is 0 Å². The molecular weight excluding hydrogens is 216 g/mol. The molecular formula is C11H17ClO3. The molecule has 0 aromatic carbocycles. The number of aliphatic hydroxyl groups is 1. The standard InChI is InChI=1S/C11H17ClO3/c1-5-4-14-11(15-5)8-3-6-2-7(8)10(13)9(6)12/h5-11,13H,2-4H2,1H3/t5-,6-,7-,8+,9+,10-,11+/m0/s1. The molecule has 1 heterocycles. The lowest BCUT2D eigenvalue weighted by atomic mass is 9.86. The van der Waals surface area contributed by atoms with Gasteiger partial charge in [-0.1, -0.05) is 0 Å². The predicted octanol–water partition coefficient (Wildman–Crippen LogP) is 1.37. The minimum absolute atomic E-state index is 0.0509. The normalized spacial score (nSPS) is 59.0. The zero-order valence-electron chi connectivity index (χ0n) is 8.80. The minimum Gasteiger partial charge on any atom is -0.391 e. The van der Waals surface area contributed by atoms with E-state index in [-0.39, 0.29) is 29.8 Å². The highest BCUT2D eigenvalue weighted by Crippen LogP contribution is 2.52. The van der Waals surface area contributed by atoms with Gasteiger partial charge in [0.2, 0.25) is 0 Å². The van der Waals surface area contributed by atoms with Crippen LogP contribution in [0.5, 0.6) is 0 Å². The van der Waals surface area contributed by atoms with Crippen molar-refractivity contribution in [3.05, 3.63) is 0 Å². The Morgan fingerprint density at radius 2 is 2.00 bits per heavy atom. The average molecular weight is 233 g/mol. The molecule has 2 aliphatic carbocycles. The Balaban J connectivity index is 1.70. The molecule has 0 unspecified atom stereocenters. The summed E-state index contributed by atoms with van der Waals surface area (Å²) in [7, 11) is 0. The van der Waals surface area contributed by atoms with Crippen LogP contribution >= 0.6 is 11.6 Å². The molecule has 0 spiro atoms. The molecule has 0 amide bonds. The van der Waals surface area contributed by atoms with Gasteiger partial charge in [0.05, 0.1) is 24.2 Å². The summed E-state index contributed by atoms with van der Waals surface area (Å²) in [6, 6.07) is 0. The number of aliphatic hydroxyl groups excluding tert-OH is 1. The van der Waals surface area contributed by atoms with E-state index in [4.69, 9.17) is 21.1 Å². The third kappa shape index (κ3) is 1.52. The van der Waals surface area contributed by atoms with Crippen molar-refractivity contribution in [2.75, 3.05) is 6.61 Å². The van der Waals surface area contributed by atoms with Crippen molar-refractivity contribution in [3.8, 4) is 0 Å². The quantitative estimate of drug-likeness (QED) is 0.694. The predicted molar refractivity (Wildman–Crippen MR) is 55.6 cm³/mol. The molecule has 1 saturated heterocycles. The molecule has 0 aromatic rings. The van der Waals surface area contributed by atoms with Crippen LogP contribution in [0.15, 0.2) is 0 Å². The molecule has 1 N–H and O–H groups in total. The summed E-state index contributed by atoms with van der Waals surface area (Å²) in [5.74, 6) is 1.09. The van der Waals surface area contributed by atoms with Crippen LogP contribution < -0.4 is 0 Å². The average Bonchev–Trinajstić information content (AvgIpc) is 2.85. The highest BCUT2D eigenvalue weighted by Gasteiger charge is 2.55. The Morgan fingerprint density at radius 1 is 1.27 bits per heavy atom. The first-order valence-corrected chi connectivity index (χ1v) is 6.19. The third-order valence-corrected chi connectivity index (χ3v) is 4.74. The molecule has 4 heteroatoms. The number of fused-ring (bicyclic) bond motifs is 2. The highest BCUT2D eigenvalue weighted by atomic mass is 35.5. The van der Waals surface area contributed by atoms with E-state index in [2.05, 4.69) is 0 Å². The van der Waals surface area contributed by atoms with Crippen molar-refractivity contribution in [3.63, 3.8) is 0 Å². The second-order valence-electron chi connectivity index (χ2n) is 5.14. The van der Waals surface area contributed by atoms with Gasteiger partial charge in [-0.05, 0) is 31.6 Å². The molecule has 7 atom stereocenters. The topological polar surface area (TPSA) is 38.7 Å². The number of rotatable bonds is 1. The van der Waals surface area contributed by atoms with Gasteiger partial charge in [0.15, 0.2) is 6.29 Å². The summed E-state index contributed by atoms with van der Waals surface area (Å²) < 4.78 is 11.3. The van der Waals surface area contributed by atoms with Gasteiger partial charge in [-0.2, -0.15) is 0 Å². The Morgan fingerprint density at radius 3 is 2.53 bits per heavy atom. The smallest absolute Gasteiger partial charge is 0.161 e. The largest absolute Gasteiger partial charge is 0.391 e. The zero-order valence-corrected chi connectivity index (χ0v) is 9.56. The number of ether oxygens (including phenoxy) is 2. The molecule has 1 aliphatic heterocycles. The summed E-state index contributed by atoms with van der Waals surface area (Å²) in [4.78, 5) is 0. The molecule has 3 nitrogen and oxygen atoms in total. The van der Waals surface area contributed by atoms with E-state index in [1.165, 1.54) is 0 Å². The lowest BCUT2D eigenvalue weighted by Crippen LogP contribution is -2.39. The second-order valence-corrected chi connectivity index (χ2v) is 5.65. The molecule has 3 fully saturated rings. The number of hydrogen-bond donors (Lipinski definition) is 1. The zero-order chi connectivity index (χ0) is 10.6. The maximum absolute atomic E-state index is 9.94. The van der Waals surface area contributed by atoms with Crippen LogP contribution in [-0.2, 0) is 9.47 Å². The number of hydrogen-bond acceptors (Lipinski definition) is 3. The van der Waals surface area contributed by atoms with Crippen molar-refractivity contribution in [1.29, 1.82) is 0 Å². The summed E-state index contributed by atoms with van der Waals surface area (Å²) in [6.45, 7) is 2.70. The molecule has 3 aliphatic rings. The number of alkyl halides is 1. The lowest BCUT2D eigenvalue weighted by molar-refractivity contribution is -0.120.